The molecule has 1 aliphatic rings. The van der Waals surface area contributed by atoms with E-state index in [1.54, 1.807) is 18.2 Å². The number of para-hydroxylation sites is 1. The van der Waals surface area contributed by atoms with E-state index in [0.29, 0.717) is 12.0 Å². The first-order valence-corrected chi connectivity index (χ1v) is 10.4. The van der Waals surface area contributed by atoms with Crippen molar-refractivity contribution in [3.05, 3.63) is 107 Å². The number of nitrogens with zero attached hydrogens (tertiary/aromatic N) is 2. The number of nitrogens with one attached hydrogen (secondary N) is 2. The minimum atomic E-state index is -0.474. The maximum absolute atomic E-state index is 13.2. The van der Waals surface area contributed by atoms with Crippen LogP contribution in [0.15, 0.2) is 79.0 Å². The zero-order valence-corrected chi connectivity index (χ0v) is 17.2. The van der Waals surface area contributed by atoms with Gasteiger partial charge in [0, 0.05) is 11.6 Å². The molecule has 4 aromatic rings. The number of benzene rings is 2. The summed E-state index contributed by atoms with van der Waals surface area (Å²) in [6.07, 6.45) is 5.16. The van der Waals surface area contributed by atoms with Gasteiger partial charge in [-0.15, -0.1) is 0 Å². The second-order valence-electron chi connectivity index (χ2n) is 7.53. The van der Waals surface area contributed by atoms with E-state index >= 15 is 0 Å². The lowest BCUT2D eigenvalue weighted by Crippen LogP contribution is -2.42. The molecule has 2 amide bonds. The molecule has 0 spiro atoms. The van der Waals surface area contributed by atoms with Gasteiger partial charge in [0.1, 0.15) is 5.69 Å². The Morgan fingerprint density at radius 1 is 0.812 bits per heavy atom. The average molecular weight is 420 g/mol. The fourth-order valence-electron chi connectivity index (χ4n) is 4.03. The van der Waals surface area contributed by atoms with E-state index in [-0.39, 0.29) is 11.6 Å². The van der Waals surface area contributed by atoms with E-state index in [1.807, 2.05) is 54.6 Å². The number of carbonyl (C=O) groups is 2. The van der Waals surface area contributed by atoms with Crippen LogP contribution in [0, 0.1) is 0 Å². The summed E-state index contributed by atoms with van der Waals surface area (Å²) in [7, 11) is 0. The highest BCUT2D eigenvalue weighted by molar-refractivity contribution is 6.10. The monoisotopic (exact) mass is 420 g/mol. The maximum Gasteiger partial charge on any atom is 0.288 e. The van der Waals surface area contributed by atoms with E-state index in [0.717, 1.165) is 39.7 Å². The van der Waals surface area contributed by atoms with E-state index < -0.39 is 5.91 Å². The molecule has 0 radical (unpaired) electrons. The van der Waals surface area contributed by atoms with Crippen molar-refractivity contribution in [3.63, 3.8) is 0 Å². The standard InChI is InChI=1S/C26H20N4O2/c31-25(22-12-6-7-15-27-22)29-30-26(32)23-19-10-4-5-11-21(19)28-24-18(13-14-20(23)24)16-17-8-2-1-3-9-17/h1-12,15-16H,13-14H2,(H,29,31)(H,30,32)/b18-16+. The van der Waals surface area contributed by atoms with Gasteiger partial charge >= 0.3 is 0 Å². The average Bonchev–Trinajstić information content (AvgIpc) is 3.23. The smallest absolute Gasteiger partial charge is 0.267 e. The third-order valence-corrected chi connectivity index (χ3v) is 5.50. The predicted molar refractivity (Wildman–Crippen MR) is 124 cm³/mol. The minimum Gasteiger partial charge on any atom is -0.267 e. The van der Waals surface area contributed by atoms with Crippen LogP contribution in [-0.2, 0) is 6.42 Å². The van der Waals surface area contributed by atoms with Crippen molar-refractivity contribution in [1.82, 2.24) is 20.8 Å². The first-order valence-electron chi connectivity index (χ1n) is 10.4. The van der Waals surface area contributed by atoms with Gasteiger partial charge in [0.2, 0.25) is 0 Å². The molecule has 0 saturated heterocycles. The van der Waals surface area contributed by atoms with Gasteiger partial charge in [-0.3, -0.25) is 25.4 Å². The zero-order valence-electron chi connectivity index (χ0n) is 17.2. The summed E-state index contributed by atoms with van der Waals surface area (Å²) in [6, 6.07) is 22.7. The highest BCUT2D eigenvalue weighted by Crippen LogP contribution is 2.37. The third kappa shape index (κ3) is 3.74. The van der Waals surface area contributed by atoms with Gasteiger partial charge < -0.3 is 0 Å². The predicted octanol–water partition coefficient (Wildman–Crippen LogP) is 4.19. The number of carbonyl (C=O) groups excluding carboxylic acids is 2. The van der Waals surface area contributed by atoms with Gasteiger partial charge in [0.05, 0.1) is 16.8 Å². The Labute approximate surface area is 185 Å². The lowest BCUT2D eigenvalue weighted by Gasteiger charge is -2.13. The molecule has 2 N–H and O–H groups in total. The van der Waals surface area contributed by atoms with Gasteiger partial charge in [0.25, 0.3) is 11.8 Å². The first-order chi connectivity index (χ1) is 15.7. The second kappa shape index (κ2) is 8.43. The number of fused-ring (bicyclic) bond motifs is 2. The van der Waals surface area contributed by atoms with E-state index in [2.05, 4.69) is 21.9 Å². The van der Waals surface area contributed by atoms with Crippen molar-refractivity contribution in [1.29, 1.82) is 0 Å². The molecule has 5 rings (SSSR count). The Hall–Kier alpha value is -4.32. The molecule has 2 aromatic carbocycles. The Balaban J connectivity index is 1.51. The fraction of sp³-hybridized carbons (Fsp3) is 0.0769. The highest BCUT2D eigenvalue weighted by atomic mass is 16.2. The van der Waals surface area contributed by atoms with Crippen molar-refractivity contribution in [2.75, 3.05) is 0 Å². The molecule has 156 valence electrons. The molecule has 0 atom stereocenters. The number of allylic oxidation sites excluding steroid dienone is 1. The molecule has 0 saturated carbocycles. The van der Waals surface area contributed by atoms with Crippen LogP contribution < -0.4 is 10.9 Å². The molecule has 0 unspecified atom stereocenters. The molecule has 0 aliphatic heterocycles. The van der Waals surface area contributed by atoms with Crippen LogP contribution in [0.25, 0.3) is 22.6 Å². The van der Waals surface area contributed by atoms with Crippen molar-refractivity contribution in [2.45, 2.75) is 12.8 Å². The minimum absolute atomic E-state index is 0.227. The number of pyridine rings is 2. The van der Waals surface area contributed by atoms with Gasteiger partial charge in [0.15, 0.2) is 0 Å². The molecule has 32 heavy (non-hydrogen) atoms. The Morgan fingerprint density at radius 2 is 1.56 bits per heavy atom. The normalized spacial score (nSPS) is 13.7. The molecule has 1 aliphatic carbocycles. The van der Waals surface area contributed by atoms with Crippen LogP contribution in [0.1, 0.15) is 44.1 Å². The first kappa shape index (κ1) is 19.6. The summed E-state index contributed by atoms with van der Waals surface area (Å²) in [5.41, 5.74) is 10.5. The summed E-state index contributed by atoms with van der Waals surface area (Å²) in [4.78, 5) is 34.4. The molecule has 6 heteroatoms. The van der Waals surface area contributed by atoms with Gasteiger partial charge in [-0.25, -0.2) is 4.98 Å². The number of hydrogen-bond donors (Lipinski definition) is 2. The largest absolute Gasteiger partial charge is 0.288 e. The van der Waals surface area contributed by atoms with E-state index in [1.165, 1.54) is 6.20 Å². The molecular formula is C26H20N4O2. The molecule has 2 aromatic heterocycles. The summed E-state index contributed by atoms with van der Waals surface area (Å²) < 4.78 is 0. The van der Waals surface area contributed by atoms with Crippen molar-refractivity contribution >= 4 is 34.4 Å². The van der Waals surface area contributed by atoms with Gasteiger partial charge in [-0.2, -0.15) is 0 Å². The summed E-state index contributed by atoms with van der Waals surface area (Å²) in [6.45, 7) is 0. The van der Waals surface area contributed by atoms with Crippen molar-refractivity contribution in [2.24, 2.45) is 0 Å². The molecule has 0 bridgehead atoms. The van der Waals surface area contributed by atoms with Crippen LogP contribution in [0.4, 0.5) is 0 Å². The Kier molecular flexibility index (Phi) is 5.17. The summed E-state index contributed by atoms with van der Waals surface area (Å²) in [5, 5.41) is 0.761. The lowest BCUT2D eigenvalue weighted by molar-refractivity contribution is 0.0844. The molecular weight excluding hydrogens is 400 g/mol. The fourth-order valence-corrected chi connectivity index (χ4v) is 4.03. The molecule has 2 heterocycles. The summed E-state index contributed by atoms with van der Waals surface area (Å²) >= 11 is 0. The lowest BCUT2D eigenvalue weighted by atomic mass is 10.00. The molecule has 0 fully saturated rings. The van der Waals surface area contributed by atoms with Gasteiger partial charge in [-0.05, 0) is 53.8 Å². The highest BCUT2D eigenvalue weighted by Gasteiger charge is 2.27. The number of hydrogen-bond acceptors (Lipinski definition) is 4. The maximum atomic E-state index is 13.2. The van der Waals surface area contributed by atoms with Crippen LogP contribution in [0.3, 0.4) is 0 Å². The zero-order chi connectivity index (χ0) is 21.9. The Bertz CT molecular complexity index is 1350. The van der Waals surface area contributed by atoms with E-state index in [9.17, 15) is 9.59 Å². The number of hydrazine groups is 1. The number of amides is 2. The third-order valence-electron chi connectivity index (χ3n) is 5.50. The number of aromatic nitrogens is 2. The van der Waals surface area contributed by atoms with Crippen LogP contribution in [-0.4, -0.2) is 21.8 Å². The van der Waals surface area contributed by atoms with Gasteiger partial charge in [-0.1, -0.05) is 54.6 Å². The second-order valence-corrected chi connectivity index (χ2v) is 7.53. The SMILES string of the molecule is O=C(NNC(=O)c1c2c(nc3ccccc13)/C(=C/c1ccccc1)CC2)c1ccccn1. The number of rotatable bonds is 3. The van der Waals surface area contributed by atoms with Crippen molar-refractivity contribution in [3.8, 4) is 0 Å². The van der Waals surface area contributed by atoms with E-state index in [4.69, 9.17) is 4.98 Å². The topological polar surface area (TPSA) is 84.0 Å². The molecule has 6 nitrogen and oxygen atoms in total. The van der Waals surface area contributed by atoms with Crippen LogP contribution in [0.2, 0.25) is 0 Å². The van der Waals surface area contributed by atoms with Crippen LogP contribution >= 0.6 is 0 Å². The Morgan fingerprint density at radius 3 is 2.38 bits per heavy atom. The van der Waals surface area contributed by atoms with Crippen LogP contribution in [0.5, 0.6) is 0 Å². The summed E-state index contributed by atoms with van der Waals surface area (Å²) in [5.74, 6) is -0.844. The quantitative estimate of drug-likeness (QED) is 0.487. The van der Waals surface area contributed by atoms with Crippen molar-refractivity contribution < 1.29 is 9.59 Å².